The predicted octanol–water partition coefficient (Wildman–Crippen LogP) is 0.868. The molecule has 14 heavy (non-hydrogen) atoms. The number of H-pyrrole nitrogens is 1. The number of aromatic amines is 1. The number of hydrogen-bond acceptors (Lipinski definition) is 5. The van der Waals surface area contributed by atoms with E-state index in [9.17, 15) is 0 Å². The Morgan fingerprint density at radius 3 is 3.00 bits per heavy atom. The molecular formula is C7H9N5OS. The van der Waals surface area contributed by atoms with Crippen LogP contribution in [0.3, 0.4) is 0 Å². The summed E-state index contributed by atoms with van der Waals surface area (Å²) in [7, 11) is 0. The van der Waals surface area contributed by atoms with Crippen molar-refractivity contribution in [3.63, 3.8) is 0 Å². The van der Waals surface area contributed by atoms with Gasteiger partial charge in [0, 0.05) is 6.07 Å². The van der Waals surface area contributed by atoms with E-state index in [1.54, 1.807) is 4.57 Å². The first-order chi connectivity index (χ1) is 6.66. The number of nitrogens with zero attached hydrogens (tertiary/aromatic N) is 3. The number of nitrogen functional groups attached to an aromatic ring is 1. The highest BCUT2D eigenvalue weighted by atomic mass is 32.1. The number of nitrogens with one attached hydrogen (secondary N) is 1. The molecule has 0 fully saturated rings. The molecule has 7 heteroatoms. The van der Waals surface area contributed by atoms with Crippen LogP contribution in [0.5, 0.6) is 0 Å². The van der Waals surface area contributed by atoms with Crippen LogP contribution in [0.1, 0.15) is 11.5 Å². The lowest BCUT2D eigenvalue weighted by Crippen LogP contribution is -2.03. The van der Waals surface area contributed by atoms with Gasteiger partial charge in [-0.1, -0.05) is 5.16 Å². The molecule has 0 aliphatic rings. The van der Waals surface area contributed by atoms with Gasteiger partial charge in [0.05, 0.1) is 12.2 Å². The summed E-state index contributed by atoms with van der Waals surface area (Å²) >= 11 is 4.98. The smallest absolute Gasteiger partial charge is 0.220 e. The monoisotopic (exact) mass is 211 g/mol. The van der Waals surface area contributed by atoms with E-state index >= 15 is 0 Å². The zero-order valence-electron chi connectivity index (χ0n) is 7.52. The maximum absolute atomic E-state index is 5.59. The Kier molecular flexibility index (Phi) is 2.08. The van der Waals surface area contributed by atoms with Crippen LogP contribution in [-0.4, -0.2) is 19.9 Å². The molecule has 0 amide bonds. The second-order valence-corrected chi connectivity index (χ2v) is 3.29. The first-order valence-corrected chi connectivity index (χ1v) is 4.40. The quantitative estimate of drug-likeness (QED) is 0.720. The standard InChI is InChI=1S/C7H9N5OS/c1-4-2-5(13-11-4)3-12-6(8)9-10-7(12)14/h2H,3H2,1H3,(H2,8,9)(H,10,14). The van der Waals surface area contributed by atoms with E-state index in [4.69, 9.17) is 22.5 Å². The van der Waals surface area contributed by atoms with Crippen molar-refractivity contribution in [1.82, 2.24) is 19.9 Å². The summed E-state index contributed by atoms with van der Waals surface area (Å²) in [4.78, 5) is 0. The maximum Gasteiger partial charge on any atom is 0.220 e. The molecule has 0 atom stereocenters. The number of hydrogen-bond donors (Lipinski definition) is 2. The topological polar surface area (TPSA) is 85.7 Å². The zero-order chi connectivity index (χ0) is 10.1. The lowest BCUT2D eigenvalue weighted by atomic mass is 10.4. The molecule has 3 N–H and O–H groups in total. The van der Waals surface area contributed by atoms with Gasteiger partial charge in [0.1, 0.15) is 0 Å². The van der Waals surface area contributed by atoms with Crippen LogP contribution in [-0.2, 0) is 6.54 Å². The van der Waals surface area contributed by atoms with Crippen LogP contribution in [0.2, 0.25) is 0 Å². The molecule has 0 aliphatic carbocycles. The van der Waals surface area contributed by atoms with Crippen LogP contribution < -0.4 is 5.73 Å². The van der Waals surface area contributed by atoms with E-state index in [-0.39, 0.29) is 0 Å². The third-order valence-electron chi connectivity index (χ3n) is 1.78. The normalized spacial score (nSPS) is 10.6. The first kappa shape index (κ1) is 8.95. The molecule has 74 valence electrons. The van der Waals surface area contributed by atoms with Crippen LogP contribution in [0.25, 0.3) is 0 Å². The van der Waals surface area contributed by atoms with Crippen LogP contribution >= 0.6 is 12.2 Å². The molecule has 0 bridgehead atoms. The molecule has 6 nitrogen and oxygen atoms in total. The summed E-state index contributed by atoms with van der Waals surface area (Å²) < 4.78 is 7.14. The van der Waals surface area contributed by atoms with Crippen molar-refractivity contribution in [2.24, 2.45) is 0 Å². The van der Waals surface area contributed by atoms with E-state index < -0.39 is 0 Å². The Hall–Kier alpha value is -1.63. The Balaban J connectivity index is 2.31. The van der Waals surface area contributed by atoms with Gasteiger partial charge in [0.15, 0.2) is 10.5 Å². The molecule has 0 saturated heterocycles. The summed E-state index contributed by atoms with van der Waals surface area (Å²) in [5.41, 5.74) is 6.42. The predicted molar refractivity (Wildman–Crippen MR) is 52.2 cm³/mol. The van der Waals surface area contributed by atoms with Crippen LogP contribution in [0, 0.1) is 11.7 Å². The second-order valence-electron chi connectivity index (χ2n) is 2.91. The third-order valence-corrected chi connectivity index (χ3v) is 2.09. The van der Waals surface area contributed by atoms with Gasteiger partial charge >= 0.3 is 0 Å². The minimum Gasteiger partial charge on any atom is -0.368 e. The van der Waals surface area contributed by atoms with Gasteiger partial charge in [0.2, 0.25) is 5.95 Å². The van der Waals surface area contributed by atoms with Crippen LogP contribution in [0.4, 0.5) is 5.95 Å². The number of nitrogens with two attached hydrogens (primary N) is 1. The highest BCUT2D eigenvalue weighted by Gasteiger charge is 2.06. The van der Waals surface area contributed by atoms with Gasteiger partial charge in [-0.15, -0.1) is 5.10 Å². The van der Waals surface area contributed by atoms with Crippen molar-refractivity contribution in [3.05, 3.63) is 22.3 Å². The number of aryl methyl sites for hydroxylation is 1. The molecule has 0 aliphatic heterocycles. The largest absolute Gasteiger partial charge is 0.368 e. The molecule has 2 aromatic heterocycles. The summed E-state index contributed by atoms with van der Waals surface area (Å²) in [5, 5.41) is 10.1. The van der Waals surface area contributed by atoms with Crippen LogP contribution in [0.15, 0.2) is 10.6 Å². The van der Waals surface area contributed by atoms with Crippen molar-refractivity contribution in [1.29, 1.82) is 0 Å². The third kappa shape index (κ3) is 1.53. The number of rotatable bonds is 2. The van der Waals surface area contributed by atoms with E-state index in [0.717, 1.165) is 5.69 Å². The zero-order valence-corrected chi connectivity index (χ0v) is 8.34. The van der Waals surface area contributed by atoms with Crippen molar-refractivity contribution in [3.8, 4) is 0 Å². The van der Waals surface area contributed by atoms with Gasteiger partial charge in [0.25, 0.3) is 0 Å². The lowest BCUT2D eigenvalue weighted by molar-refractivity contribution is 0.373. The molecule has 0 unspecified atom stereocenters. The molecule has 2 heterocycles. The van der Waals surface area contributed by atoms with E-state index in [2.05, 4.69) is 15.4 Å². The van der Waals surface area contributed by atoms with Gasteiger partial charge in [-0.25, -0.2) is 5.10 Å². The molecule has 0 saturated carbocycles. The summed E-state index contributed by atoms with van der Waals surface area (Å²) in [6, 6.07) is 1.83. The Bertz CT molecular complexity index is 496. The fraction of sp³-hybridized carbons (Fsp3) is 0.286. The molecule has 0 spiro atoms. The van der Waals surface area contributed by atoms with Gasteiger partial charge in [-0.05, 0) is 19.1 Å². The fourth-order valence-electron chi connectivity index (χ4n) is 1.13. The molecule has 0 aromatic carbocycles. The minimum atomic E-state index is 0.337. The van der Waals surface area contributed by atoms with Crippen molar-refractivity contribution in [2.45, 2.75) is 13.5 Å². The van der Waals surface area contributed by atoms with E-state index in [1.807, 2.05) is 13.0 Å². The lowest BCUT2D eigenvalue weighted by Gasteiger charge is -1.98. The highest BCUT2D eigenvalue weighted by molar-refractivity contribution is 7.71. The maximum atomic E-state index is 5.59. The Morgan fingerprint density at radius 1 is 1.71 bits per heavy atom. The van der Waals surface area contributed by atoms with E-state index in [0.29, 0.717) is 23.0 Å². The van der Waals surface area contributed by atoms with Gasteiger partial charge in [-0.3, -0.25) is 4.57 Å². The van der Waals surface area contributed by atoms with Crippen molar-refractivity contribution >= 4 is 18.2 Å². The summed E-state index contributed by atoms with van der Waals surface area (Å²) in [6.07, 6.45) is 0. The summed E-state index contributed by atoms with van der Waals surface area (Å²) in [6.45, 7) is 2.30. The van der Waals surface area contributed by atoms with Gasteiger partial charge < -0.3 is 10.3 Å². The molecular weight excluding hydrogens is 202 g/mol. The number of aromatic nitrogens is 4. The van der Waals surface area contributed by atoms with E-state index in [1.165, 1.54) is 0 Å². The second kappa shape index (κ2) is 3.26. The van der Waals surface area contributed by atoms with Crippen molar-refractivity contribution in [2.75, 3.05) is 5.73 Å². The minimum absolute atomic E-state index is 0.337. The molecule has 2 rings (SSSR count). The highest BCUT2D eigenvalue weighted by Crippen LogP contribution is 2.07. The Morgan fingerprint density at radius 2 is 2.50 bits per heavy atom. The SMILES string of the molecule is Cc1cc(Cn2c(N)n[nH]c2=S)on1. The molecule has 0 radical (unpaired) electrons. The average Bonchev–Trinajstić information content (AvgIpc) is 2.67. The Labute approximate surface area is 84.7 Å². The summed E-state index contributed by atoms with van der Waals surface area (Å²) in [5.74, 6) is 1.04. The first-order valence-electron chi connectivity index (χ1n) is 3.99. The number of anilines is 1. The van der Waals surface area contributed by atoms with Gasteiger partial charge in [-0.2, -0.15) is 0 Å². The average molecular weight is 211 g/mol. The van der Waals surface area contributed by atoms with Crippen molar-refractivity contribution < 1.29 is 4.52 Å². The molecule has 2 aromatic rings. The fourth-order valence-corrected chi connectivity index (χ4v) is 1.33.